The molecule has 2 N–H and O–H groups in total. The highest BCUT2D eigenvalue weighted by Crippen LogP contribution is 2.25. The van der Waals surface area contributed by atoms with Crippen LogP contribution in [0.3, 0.4) is 0 Å². The number of fused-ring (bicyclic) bond motifs is 1. The number of benzene rings is 1. The maximum Gasteiger partial charge on any atom is 0.258 e. The number of hydrogen-bond acceptors (Lipinski definition) is 2. The fourth-order valence-corrected chi connectivity index (χ4v) is 2.62. The largest absolute Gasteiger partial charge is 0.364 e. The lowest BCUT2D eigenvalue weighted by Crippen LogP contribution is -2.18. The number of carbonyl (C=O) groups is 2. The number of aryl methyl sites for hydroxylation is 2. The zero-order valence-electron chi connectivity index (χ0n) is 11.6. The lowest BCUT2D eigenvalue weighted by atomic mass is 9.93. The van der Waals surface area contributed by atoms with E-state index in [1.807, 2.05) is 0 Å². The Balaban J connectivity index is 1.90. The number of carbonyl (C=O) groups excluding carboxylic acids is 2. The second-order valence-electron chi connectivity index (χ2n) is 5.27. The Morgan fingerprint density at radius 1 is 1.33 bits per heavy atom. The van der Waals surface area contributed by atoms with E-state index in [2.05, 4.69) is 10.3 Å². The zero-order valence-corrected chi connectivity index (χ0v) is 11.6. The average Bonchev–Trinajstić information content (AvgIpc) is 2.87. The molecule has 1 heterocycles. The van der Waals surface area contributed by atoms with Crippen molar-refractivity contribution < 1.29 is 14.0 Å². The maximum atomic E-state index is 13.8. The van der Waals surface area contributed by atoms with Gasteiger partial charge in [-0.2, -0.15) is 0 Å². The molecule has 5 heteroatoms. The number of rotatable bonds is 2. The number of anilines is 1. The molecule has 0 atom stereocenters. The van der Waals surface area contributed by atoms with Gasteiger partial charge in [0.05, 0.1) is 16.8 Å². The first-order valence-corrected chi connectivity index (χ1v) is 6.87. The molecule has 3 rings (SSSR count). The summed E-state index contributed by atoms with van der Waals surface area (Å²) in [6.07, 6.45) is 3.52. The summed E-state index contributed by atoms with van der Waals surface area (Å²) in [5.74, 6) is -0.989. The van der Waals surface area contributed by atoms with Gasteiger partial charge in [0, 0.05) is 18.3 Å². The van der Waals surface area contributed by atoms with Crippen molar-refractivity contribution in [2.24, 2.45) is 0 Å². The van der Waals surface area contributed by atoms with E-state index in [9.17, 15) is 14.0 Å². The monoisotopic (exact) mass is 286 g/mol. The Bertz CT molecular complexity index is 734. The van der Waals surface area contributed by atoms with Gasteiger partial charge in [-0.05, 0) is 37.5 Å². The van der Waals surface area contributed by atoms with E-state index in [0.29, 0.717) is 12.0 Å². The van der Waals surface area contributed by atoms with Gasteiger partial charge in [0.25, 0.3) is 5.91 Å². The SMILES string of the molecule is Cc1ccc(NC(=O)c2c[nH]c3c2C(=O)CCC3)c(F)c1. The lowest BCUT2D eigenvalue weighted by Gasteiger charge is -2.12. The van der Waals surface area contributed by atoms with Gasteiger partial charge in [-0.15, -0.1) is 0 Å². The summed E-state index contributed by atoms with van der Waals surface area (Å²) < 4.78 is 13.8. The van der Waals surface area contributed by atoms with Gasteiger partial charge in [-0.25, -0.2) is 4.39 Å². The van der Waals surface area contributed by atoms with E-state index >= 15 is 0 Å². The summed E-state index contributed by atoms with van der Waals surface area (Å²) in [4.78, 5) is 27.2. The van der Waals surface area contributed by atoms with Crippen LogP contribution >= 0.6 is 0 Å². The van der Waals surface area contributed by atoms with E-state index in [0.717, 1.165) is 24.1 Å². The molecule has 0 spiro atoms. The predicted molar refractivity (Wildman–Crippen MR) is 77.2 cm³/mol. The maximum absolute atomic E-state index is 13.8. The summed E-state index contributed by atoms with van der Waals surface area (Å²) in [5, 5.41) is 2.52. The van der Waals surface area contributed by atoms with Crippen LogP contribution in [0.1, 0.15) is 44.8 Å². The Labute approximate surface area is 121 Å². The molecule has 0 saturated carbocycles. The Morgan fingerprint density at radius 3 is 2.90 bits per heavy atom. The molecule has 0 unspecified atom stereocenters. The zero-order chi connectivity index (χ0) is 15.0. The highest BCUT2D eigenvalue weighted by atomic mass is 19.1. The second-order valence-corrected chi connectivity index (χ2v) is 5.27. The molecule has 21 heavy (non-hydrogen) atoms. The van der Waals surface area contributed by atoms with E-state index < -0.39 is 11.7 Å². The molecule has 0 saturated heterocycles. The van der Waals surface area contributed by atoms with Crippen molar-refractivity contribution in [1.29, 1.82) is 0 Å². The van der Waals surface area contributed by atoms with E-state index in [1.165, 1.54) is 18.3 Å². The van der Waals surface area contributed by atoms with Crippen LogP contribution in [-0.2, 0) is 6.42 Å². The van der Waals surface area contributed by atoms with Gasteiger partial charge in [-0.3, -0.25) is 9.59 Å². The predicted octanol–water partition coefficient (Wildman–Crippen LogP) is 3.23. The molecular formula is C16H15FN2O2. The third-order valence-electron chi connectivity index (χ3n) is 3.69. The molecule has 0 fully saturated rings. The minimum absolute atomic E-state index is 0.0352. The molecule has 1 aliphatic carbocycles. The topological polar surface area (TPSA) is 62.0 Å². The molecule has 4 nitrogen and oxygen atoms in total. The molecule has 1 aromatic carbocycles. The summed E-state index contributed by atoms with van der Waals surface area (Å²) in [6, 6.07) is 4.59. The molecular weight excluding hydrogens is 271 g/mol. The number of hydrogen-bond donors (Lipinski definition) is 2. The number of H-pyrrole nitrogens is 1. The van der Waals surface area contributed by atoms with Crippen molar-refractivity contribution >= 4 is 17.4 Å². The van der Waals surface area contributed by atoms with Gasteiger partial charge in [0.2, 0.25) is 0 Å². The smallest absolute Gasteiger partial charge is 0.258 e. The third-order valence-corrected chi connectivity index (χ3v) is 3.69. The van der Waals surface area contributed by atoms with E-state index in [-0.39, 0.29) is 17.0 Å². The van der Waals surface area contributed by atoms with Crippen molar-refractivity contribution in [2.45, 2.75) is 26.2 Å². The number of ketones is 1. The van der Waals surface area contributed by atoms with Crippen LogP contribution in [0.4, 0.5) is 10.1 Å². The van der Waals surface area contributed by atoms with Gasteiger partial charge in [0.1, 0.15) is 5.82 Å². The molecule has 2 aromatic rings. The van der Waals surface area contributed by atoms with Crippen molar-refractivity contribution in [3.8, 4) is 0 Å². The highest BCUT2D eigenvalue weighted by molar-refractivity contribution is 6.13. The quantitative estimate of drug-likeness (QED) is 0.890. The average molecular weight is 286 g/mol. The van der Waals surface area contributed by atoms with Crippen LogP contribution in [-0.4, -0.2) is 16.7 Å². The summed E-state index contributed by atoms with van der Waals surface area (Å²) in [7, 11) is 0. The summed E-state index contributed by atoms with van der Waals surface area (Å²) >= 11 is 0. The molecule has 0 aliphatic heterocycles. The van der Waals surface area contributed by atoms with Crippen LogP contribution in [0, 0.1) is 12.7 Å². The molecule has 1 amide bonds. The van der Waals surface area contributed by atoms with Crippen LogP contribution in [0.15, 0.2) is 24.4 Å². The fourth-order valence-electron chi connectivity index (χ4n) is 2.62. The minimum atomic E-state index is -0.487. The van der Waals surface area contributed by atoms with Crippen LogP contribution < -0.4 is 5.32 Å². The van der Waals surface area contributed by atoms with Crippen molar-refractivity contribution in [3.63, 3.8) is 0 Å². The van der Waals surface area contributed by atoms with E-state index in [1.54, 1.807) is 13.0 Å². The summed E-state index contributed by atoms with van der Waals surface area (Å²) in [5.41, 5.74) is 2.42. The molecule has 108 valence electrons. The first-order valence-electron chi connectivity index (χ1n) is 6.87. The van der Waals surface area contributed by atoms with Crippen molar-refractivity contribution in [3.05, 3.63) is 52.6 Å². The number of nitrogens with one attached hydrogen (secondary N) is 2. The molecule has 1 aliphatic rings. The van der Waals surface area contributed by atoms with Gasteiger partial charge >= 0.3 is 0 Å². The second kappa shape index (κ2) is 5.16. The normalized spacial score (nSPS) is 13.9. The van der Waals surface area contributed by atoms with Crippen LogP contribution in [0.5, 0.6) is 0 Å². The molecule has 1 aromatic heterocycles. The van der Waals surface area contributed by atoms with E-state index in [4.69, 9.17) is 0 Å². The number of halogens is 1. The standard InChI is InChI=1S/C16H15FN2O2/c1-9-5-6-12(11(17)7-9)19-16(21)10-8-18-13-3-2-4-14(20)15(10)13/h5-8,18H,2-4H2,1H3,(H,19,21). The lowest BCUT2D eigenvalue weighted by molar-refractivity contribution is 0.0956. The first kappa shape index (κ1) is 13.5. The van der Waals surface area contributed by atoms with Gasteiger partial charge in [-0.1, -0.05) is 6.07 Å². The van der Waals surface area contributed by atoms with Crippen molar-refractivity contribution in [1.82, 2.24) is 4.98 Å². The highest BCUT2D eigenvalue weighted by Gasteiger charge is 2.26. The number of amides is 1. The Morgan fingerprint density at radius 2 is 2.14 bits per heavy atom. The summed E-state index contributed by atoms with van der Waals surface area (Å²) in [6.45, 7) is 1.77. The third kappa shape index (κ3) is 2.46. The number of Topliss-reactive ketones (excluding diaryl/α,β-unsaturated/α-hetero) is 1. The van der Waals surface area contributed by atoms with Crippen LogP contribution in [0.25, 0.3) is 0 Å². The first-order chi connectivity index (χ1) is 10.1. The Kier molecular flexibility index (Phi) is 3.33. The van der Waals surface area contributed by atoms with Crippen molar-refractivity contribution in [2.75, 3.05) is 5.32 Å². The molecule has 0 bridgehead atoms. The Hall–Kier alpha value is -2.43. The fraction of sp³-hybridized carbons (Fsp3) is 0.250. The number of aromatic nitrogens is 1. The van der Waals surface area contributed by atoms with Gasteiger partial charge in [0.15, 0.2) is 5.78 Å². The minimum Gasteiger partial charge on any atom is -0.364 e. The van der Waals surface area contributed by atoms with Crippen LogP contribution in [0.2, 0.25) is 0 Å². The molecule has 0 radical (unpaired) electrons. The number of aromatic amines is 1. The van der Waals surface area contributed by atoms with Gasteiger partial charge < -0.3 is 10.3 Å².